The highest BCUT2D eigenvalue weighted by Gasteiger charge is 2.26. The number of nitrogens with two attached hydrogens (primary N) is 1. The molecule has 6 heteroatoms. The topological polar surface area (TPSA) is 99.7 Å². The third kappa shape index (κ3) is 2.96. The number of aliphatic hydroxyl groups excluding tert-OH is 1. The summed E-state index contributed by atoms with van der Waals surface area (Å²) >= 11 is 0. The molecule has 0 bridgehead atoms. The number of pyridine rings is 1. The second kappa shape index (κ2) is 5.88. The first-order chi connectivity index (χ1) is 9.13. The number of anilines is 2. The molecule has 0 radical (unpaired) electrons. The molecule has 0 atom stereocenters. The average molecular weight is 265 g/mol. The Morgan fingerprint density at radius 1 is 1.47 bits per heavy atom. The molecule has 1 aliphatic carbocycles. The molecule has 0 saturated heterocycles. The van der Waals surface area contributed by atoms with E-state index in [0.717, 1.165) is 25.7 Å². The zero-order valence-electron chi connectivity index (χ0n) is 10.7. The van der Waals surface area contributed by atoms with Crippen molar-refractivity contribution in [2.24, 2.45) is 0 Å². The van der Waals surface area contributed by atoms with Crippen molar-refractivity contribution in [2.75, 3.05) is 23.8 Å². The minimum absolute atomic E-state index is 0.0262. The second-order valence-corrected chi connectivity index (χ2v) is 4.80. The standard InChI is InChI=1S/C13H19N3O3/c14-9-7-11(13(18)19)12(15-8-9)16(5-6-17)10-3-1-2-4-10/h7-8,10,17H,1-6,14H2,(H,18,19). The van der Waals surface area contributed by atoms with E-state index in [4.69, 9.17) is 5.73 Å². The quantitative estimate of drug-likeness (QED) is 0.737. The Morgan fingerprint density at radius 3 is 2.74 bits per heavy atom. The molecular formula is C13H19N3O3. The maximum absolute atomic E-state index is 11.3. The fourth-order valence-electron chi connectivity index (χ4n) is 2.65. The van der Waals surface area contributed by atoms with Crippen molar-refractivity contribution in [3.8, 4) is 0 Å². The van der Waals surface area contributed by atoms with E-state index in [2.05, 4.69) is 4.98 Å². The van der Waals surface area contributed by atoms with Crippen LogP contribution in [0.15, 0.2) is 12.3 Å². The van der Waals surface area contributed by atoms with E-state index in [9.17, 15) is 15.0 Å². The summed E-state index contributed by atoms with van der Waals surface area (Å²) in [5.41, 5.74) is 6.03. The molecule has 0 unspecified atom stereocenters. The first kappa shape index (κ1) is 13.6. The molecule has 1 aromatic heterocycles. The van der Waals surface area contributed by atoms with Gasteiger partial charge in [0.2, 0.25) is 0 Å². The first-order valence-corrected chi connectivity index (χ1v) is 6.49. The van der Waals surface area contributed by atoms with Gasteiger partial charge in [0.25, 0.3) is 0 Å². The molecule has 0 amide bonds. The van der Waals surface area contributed by atoms with E-state index < -0.39 is 5.97 Å². The number of hydrogen-bond donors (Lipinski definition) is 3. The van der Waals surface area contributed by atoms with E-state index in [0.29, 0.717) is 18.1 Å². The number of carboxylic acid groups (broad SMARTS) is 1. The van der Waals surface area contributed by atoms with Crippen LogP contribution in [-0.2, 0) is 0 Å². The van der Waals surface area contributed by atoms with Gasteiger partial charge in [-0.15, -0.1) is 0 Å². The lowest BCUT2D eigenvalue weighted by Gasteiger charge is -2.30. The summed E-state index contributed by atoms with van der Waals surface area (Å²) in [6.07, 6.45) is 5.73. The normalized spacial score (nSPS) is 15.6. The van der Waals surface area contributed by atoms with Crippen LogP contribution in [0.1, 0.15) is 36.0 Å². The molecule has 104 valence electrons. The number of carboxylic acids is 1. The average Bonchev–Trinajstić information content (AvgIpc) is 2.90. The Bertz CT molecular complexity index is 458. The van der Waals surface area contributed by atoms with Gasteiger partial charge in [-0.3, -0.25) is 0 Å². The van der Waals surface area contributed by atoms with Gasteiger partial charge in [-0.1, -0.05) is 12.8 Å². The third-order valence-corrected chi connectivity index (χ3v) is 3.50. The number of rotatable bonds is 5. The maximum Gasteiger partial charge on any atom is 0.339 e. The highest BCUT2D eigenvalue weighted by atomic mass is 16.4. The van der Waals surface area contributed by atoms with Crippen molar-refractivity contribution in [3.05, 3.63) is 17.8 Å². The van der Waals surface area contributed by atoms with E-state index in [1.165, 1.54) is 12.3 Å². The van der Waals surface area contributed by atoms with Crippen molar-refractivity contribution < 1.29 is 15.0 Å². The Morgan fingerprint density at radius 2 is 2.16 bits per heavy atom. The molecule has 4 N–H and O–H groups in total. The Hall–Kier alpha value is -1.82. The van der Waals surface area contributed by atoms with Crippen LogP contribution >= 0.6 is 0 Å². The minimum atomic E-state index is -1.05. The van der Waals surface area contributed by atoms with Crippen molar-refractivity contribution >= 4 is 17.5 Å². The fourth-order valence-corrected chi connectivity index (χ4v) is 2.65. The largest absolute Gasteiger partial charge is 0.478 e. The maximum atomic E-state index is 11.3. The summed E-state index contributed by atoms with van der Waals surface area (Å²) in [4.78, 5) is 17.4. The van der Waals surface area contributed by atoms with Gasteiger partial charge >= 0.3 is 5.97 Å². The van der Waals surface area contributed by atoms with Crippen LogP contribution in [0.2, 0.25) is 0 Å². The molecule has 0 spiro atoms. The number of carbonyl (C=O) groups is 1. The highest BCUT2D eigenvalue weighted by Crippen LogP contribution is 2.29. The molecule has 1 fully saturated rings. The van der Waals surface area contributed by atoms with Crippen LogP contribution in [-0.4, -0.2) is 40.4 Å². The van der Waals surface area contributed by atoms with Crippen LogP contribution in [0, 0.1) is 0 Å². The van der Waals surface area contributed by atoms with Gasteiger partial charge in [0.05, 0.1) is 18.5 Å². The van der Waals surface area contributed by atoms with Crippen LogP contribution in [0.4, 0.5) is 11.5 Å². The van der Waals surface area contributed by atoms with Crippen molar-refractivity contribution in [3.63, 3.8) is 0 Å². The predicted molar refractivity (Wildman–Crippen MR) is 72.3 cm³/mol. The molecule has 6 nitrogen and oxygen atoms in total. The number of nitrogens with zero attached hydrogens (tertiary/aromatic N) is 2. The van der Waals surface area contributed by atoms with Gasteiger partial charge in [-0.25, -0.2) is 9.78 Å². The zero-order valence-corrected chi connectivity index (χ0v) is 10.7. The number of aromatic nitrogens is 1. The van der Waals surface area contributed by atoms with E-state index in [-0.39, 0.29) is 18.2 Å². The van der Waals surface area contributed by atoms with Gasteiger partial charge in [-0.05, 0) is 18.9 Å². The molecular weight excluding hydrogens is 246 g/mol. The zero-order chi connectivity index (χ0) is 13.8. The Kier molecular flexibility index (Phi) is 4.21. The predicted octanol–water partition coefficient (Wildman–Crippen LogP) is 1.10. The highest BCUT2D eigenvalue weighted by molar-refractivity contribution is 5.94. The van der Waals surface area contributed by atoms with Gasteiger partial charge in [0.1, 0.15) is 11.4 Å². The fraction of sp³-hybridized carbons (Fsp3) is 0.538. The van der Waals surface area contributed by atoms with Crippen molar-refractivity contribution in [1.29, 1.82) is 0 Å². The van der Waals surface area contributed by atoms with Gasteiger partial charge < -0.3 is 20.8 Å². The van der Waals surface area contributed by atoms with Gasteiger partial charge in [0.15, 0.2) is 0 Å². The molecule has 1 saturated carbocycles. The Labute approximate surface area is 111 Å². The molecule has 0 aliphatic heterocycles. The van der Waals surface area contributed by atoms with Crippen LogP contribution in [0.25, 0.3) is 0 Å². The summed E-state index contributed by atoms with van der Waals surface area (Å²) in [7, 11) is 0. The van der Waals surface area contributed by atoms with E-state index >= 15 is 0 Å². The monoisotopic (exact) mass is 265 g/mol. The van der Waals surface area contributed by atoms with Crippen molar-refractivity contribution in [1.82, 2.24) is 4.98 Å². The van der Waals surface area contributed by atoms with Crippen LogP contribution < -0.4 is 10.6 Å². The summed E-state index contributed by atoms with van der Waals surface area (Å²) in [6, 6.07) is 1.67. The van der Waals surface area contributed by atoms with Crippen LogP contribution in [0.5, 0.6) is 0 Å². The summed E-state index contributed by atoms with van der Waals surface area (Å²) in [5.74, 6) is -0.640. The molecule has 19 heavy (non-hydrogen) atoms. The molecule has 1 heterocycles. The smallest absolute Gasteiger partial charge is 0.339 e. The SMILES string of the molecule is Nc1cnc(N(CCO)C2CCCC2)c(C(=O)O)c1. The first-order valence-electron chi connectivity index (χ1n) is 6.49. The second-order valence-electron chi connectivity index (χ2n) is 4.80. The number of hydrogen-bond acceptors (Lipinski definition) is 5. The molecule has 0 aromatic carbocycles. The molecule has 1 aromatic rings. The van der Waals surface area contributed by atoms with Crippen molar-refractivity contribution in [2.45, 2.75) is 31.7 Å². The Balaban J connectivity index is 2.37. The summed E-state index contributed by atoms with van der Waals surface area (Å²) in [5, 5.41) is 18.5. The molecule has 1 aliphatic rings. The summed E-state index contributed by atoms with van der Waals surface area (Å²) in [6.45, 7) is 0.365. The van der Waals surface area contributed by atoms with Crippen LogP contribution in [0.3, 0.4) is 0 Å². The number of nitrogen functional groups attached to an aromatic ring is 1. The van der Waals surface area contributed by atoms with E-state index in [1.54, 1.807) is 0 Å². The number of aliphatic hydroxyl groups is 1. The van der Waals surface area contributed by atoms with Gasteiger partial charge in [0, 0.05) is 12.6 Å². The minimum Gasteiger partial charge on any atom is -0.478 e. The summed E-state index contributed by atoms with van der Waals surface area (Å²) < 4.78 is 0. The lowest BCUT2D eigenvalue weighted by molar-refractivity contribution is 0.0697. The van der Waals surface area contributed by atoms with E-state index in [1.807, 2.05) is 4.90 Å². The molecule has 2 rings (SSSR count). The lowest BCUT2D eigenvalue weighted by atomic mass is 10.1. The lowest BCUT2D eigenvalue weighted by Crippen LogP contribution is -2.37. The number of aromatic carboxylic acids is 1. The third-order valence-electron chi connectivity index (χ3n) is 3.50. The van der Waals surface area contributed by atoms with Gasteiger partial charge in [-0.2, -0.15) is 0 Å².